The smallest absolute Gasteiger partial charge is 0.258 e. The Morgan fingerprint density at radius 2 is 2.07 bits per heavy atom. The van der Waals surface area contributed by atoms with Gasteiger partial charge in [0.05, 0.1) is 10.5 Å². The number of nitro groups is 1. The third-order valence-electron chi connectivity index (χ3n) is 1.71. The summed E-state index contributed by atoms with van der Waals surface area (Å²) in [6.45, 7) is 1.43. The molecule has 0 amide bonds. The minimum atomic E-state index is -2.84. The van der Waals surface area contributed by atoms with E-state index in [0.717, 1.165) is 6.07 Å². The third-order valence-corrected chi connectivity index (χ3v) is 2.17. The van der Waals surface area contributed by atoms with Gasteiger partial charge >= 0.3 is 0 Å². The summed E-state index contributed by atoms with van der Waals surface area (Å²) in [5.74, 6) is 0. The van der Waals surface area contributed by atoms with E-state index in [2.05, 4.69) is 15.9 Å². The normalized spacial score (nSPS) is 10.6. The summed E-state index contributed by atoms with van der Waals surface area (Å²) in [6.07, 6.45) is -2.84. The molecule has 0 aliphatic rings. The number of rotatable bonds is 2. The van der Waals surface area contributed by atoms with Crippen molar-refractivity contribution >= 4 is 21.6 Å². The monoisotopic (exact) mass is 265 g/mol. The van der Waals surface area contributed by atoms with Crippen LogP contribution in [0.2, 0.25) is 0 Å². The van der Waals surface area contributed by atoms with Crippen molar-refractivity contribution in [2.24, 2.45) is 0 Å². The van der Waals surface area contributed by atoms with Gasteiger partial charge in [-0.3, -0.25) is 10.1 Å². The molecular formula is C8H6BrF2NO2. The second-order valence-electron chi connectivity index (χ2n) is 2.72. The first kappa shape index (κ1) is 11.0. The second-order valence-corrected chi connectivity index (χ2v) is 3.63. The van der Waals surface area contributed by atoms with Crippen LogP contribution in [0.15, 0.2) is 16.6 Å². The molecule has 3 nitrogen and oxygen atoms in total. The number of hydrogen-bond acceptors (Lipinski definition) is 2. The summed E-state index contributed by atoms with van der Waals surface area (Å²) in [6, 6.07) is 2.50. The summed E-state index contributed by atoms with van der Waals surface area (Å²) in [4.78, 5) is 9.73. The number of nitro benzene ring substituents is 1. The minimum Gasteiger partial charge on any atom is -0.258 e. The van der Waals surface area contributed by atoms with E-state index in [9.17, 15) is 18.9 Å². The molecule has 0 spiro atoms. The number of benzene rings is 1. The third kappa shape index (κ3) is 2.06. The highest BCUT2D eigenvalue weighted by atomic mass is 79.9. The van der Waals surface area contributed by atoms with E-state index in [1.807, 2.05) is 0 Å². The maximum atomic E-state index is 12.4. The fraction of sp³-hybridized carbons (Fsp3) is 0.250. The summed E-state index contributed by atoms with van der Waals surface area (Å²) in [5, 5.41) is 10.5. The Bertz CT molecular complexity index is 382. The molecule has 76 valence electrons. The van der Waals surface area contributed by atoms with Crippen LogP contribution in [0, 0.1) is 17.0 Å². The Kier molecular flexibility index (Phi) is 3.15. The molecule has 0 saturated carbocycles. The average molecular weight is 266 g/mol. The van der Waals surface area contributed by atoms with E-state index in [1.165, 1.54) is 13.0 Å². The topological polar surface area (TPSA) is 43.1 Å². The number of halogens is 3. The van der Waals surface area contributed by atoms with Gasteiger partial charge in [0.15, 0.2) is 0 Å². The lowest BCUT2D eigenvalue weighted by Crippen LogP contribution is -1.98. The van der Waals surface area contributed by atoms with Gasteiger partial charge in [0.1, 0.15) is 0 Å². The summed E-state index contributed by atoms with van der Waals surface area (Å²) >= 11 is 3.01. The Balaban J connectivity index is 3.44. The van der Waals surface area contributed by atoms with Crippen molar-refractivity contribution in [2.75, 3.05) is 0 Å². The first-order valence-corrected chi connectivity index (χ1v) is 4.45. The van der Waals surface area contributed by atoms with Crippen LogP contribution < -0.4 is 0 Å². The van der Waals surface area contributed by atoms with E-state index in [4.69, 9.17) is 0 Å². The van der Waals surface area contributed by atoms with Gasteiger partial charge in [-0.15, -0.1) is 0 Å². The van der Waals surface area contributed by atoms with Crippen molar-refractivity contribution in [3.8, 4) is 0 Å². The van der Waals surface area contributed by atoms with Crippen molar-refractivity contribution in [1.29, 1.82) is 0 Å². The van der Waals surface area contributed by atoms with Gasteiger partial charge in [0.25, 0.3) is 12.1 Å². The Morgan fingerprint density at radius 1 is 1.50 bits per heavy atom. The Labute approximate surface area is 87.0 Å². The van der Waals surface area contributed by atoms with E-state index in [0.29, 0.717) is 4.47 Å². The lowest BCUT2D eigenvalue weighted by Gasteiger charge is -2.05. The molecule has 0 fully saturated rings. The fourth-order valence-corrected chi connectivity index (χ4v) is 1.77. The zero-order valence-electron chi connectivity index (χ0n) is 7.13. The van der Waals surface area contributed by atoms with E-state index >= 15 is 0 Å². The van der Waals surface area contributed by atoms with Gasteiger partial charge in [-0.2, -0.15) is 0 Å². The zero-order chi connectivity index (χ0) is 10.9. The molecule has 0 heterocycles. The molecule has 1 aromatic rings. The Morgan fingerprint density at radius 3 is 2.50 bits per heavy atom. The molecular weight excluding hydrogens is 260 g/mol. The predicted molar refractivity (Wildman–Crippen MR) is 50.5 cm³/mol. The molecule has 0 unspecified atom stereocenters. The maximum absolute atomic E-state index is 12.4. The molecule has 0 atom stereocenters. The van der Waals surface area contributed by atoms with Gasteiger partial charge in [0.2, 0.25) is 0 Å². The van der Waals surface area contributed by atoms with Crippen LogP contribution in [0.25, 0.3) is 0 Å². The van der Waals surface area contributed by atoms with E-state index < -0.39 is 22.6 Å². The SMILES string of the molecule is Cc1cc(Br)cc(C(F)F)c1[N+](=O)[O-]. The zero-order valence-corrected chi connectivity index (χ0v) is 8.72. The molecule has 6 heteroatoms. The molecule has 0 radical (unpaired) electrons. The predicted octanol–water partition coefficient (Wildman–Crippen LogP) is 3.60. The minimum absolute atomic E-state index is 0.222. The number of hydrogen-bond donors (Lipinski definition) is 0. The first-order chi connectivity index (χ1) is 6.43. The lowest BCUT2D eigenvalue weighted by atomic mass is 10.1. The molecule has 14 heavy (non-hydrogen) atoms. The molecule has 1 rings (SSSR count). The standard InChI is InChI=1S/C8H6BrF2NO2/c1-4-2-5(9)3-6(8(10)11)7(4)12(13)14/h2-3,8H,1H3. The van der Waals surface area contributed by atoms with Gasteiger partial charge < -0.3 is 0 Å². The van der Waals surface area contributed by atoms with E-state index in [1.54, 1.807) is 0 Å². The first-order valence-electron chi connectivity index (χ1n) is 3.66. The summed E-state index contributed by atoms with van der Waals surface area (Å²) in [7, 11) is 0. The summed E-state index contributed by atoms with van der Waals surface area (Å²) in [5.41, 5.74) is -0.843. The van der Waals surface area contributed by atoms with Crippen LogP contribution in [-0.2, 0) is 0 Å². The molecule has 0 aromatic heterocycles. The van der Waals surface area contributed by atoms with Crippen molar-refractivity contribution in [3.63, 3.8) is 0 Å². The van der Waals surface area contributed by atoms with Gasteiger partial charge in [0, 0.05) is 10.0 Å². The van der Waals surface area contributed by atoms with Crippen molar-refractivity contribution < 1.29 is 13.7 Å². The highest BCUT2D eigenvalue weighted by molar-refractivity contribution is 9.10. The van der Waals surface area contributed by atoms with Crippen LogP contribution in [0.3, 0.4) is 0 Å². The van der Waals surface area contributed by atoms with Gasteiger partial charge in [-0.05, 0) is 19.1 Å². The van der Waals surface area contributed by atoms with Crippen molar-refractivity contribution in [2.45, 2.75) is 13.3 Å². The van der Waals surface area contributed by atoms with Gasteiger partial charge in [-0.25, -0.2) is 8.78 Å². The van der Waals surface area contributed by atoms with E-state index in [-0.39, 0.29) is 5.56 Å². The number of alkyl halides is 2. The Hall–Kier alpha value is -1.04. The quantitative estimate of drug-likeness (QED) is 0.606. The lowest BCUT2D eigenvalue weighted by molar-refractivity contribution is -0.386. The molecule has 0 aliphatic heterocycles. The molecule has 1 aromatic carbocycles. The van der Waals surface area contributed by atoms with Crippen molar-refractivity contribution in [3.05, 3.63) is 37.8 Å². The highest BCUT2D eigenvalue weighted by Crippen LogP contribution is 2.34. The highest BCUT2D eigenvalue weighted by Gasteiger charge is 2.24. The second kappa shape index (κ2) is 4.00. The molecule has 0 aliphatic carbocycles. The molecule has 0 N–H and O–H groups in total. The fourth-order valence-electron chi connectivity index (χ4n) is 1.18. The maximum Gasteiger partial charge on any atom is 0.281 e. The summed E-state index contributed by atoms with van der Waals surface area (Å²) < 4.78 is 25.3. The number of nitrogens with zero attached hydrogens (tertiary/aromatic N) is 1. The number of aryl methyl sites for hydroxylation is 1. The van der Waals surface area contributed by atoms with Gasteiger partial charge in [-0.1, -0.05) is 15.9 Å². The van der Waals surface area contributed by atoms with Crippen molar-refractivity contribution in [1.82, 2.24) is 0 Å². The van der Waals surface area contributed by atoms with Crippen LogP contribution in [0.4, 0.5) is 14.5 Å². The average Bonchev–Trinajstić information content (AvgIpc) is 2.01. The van der Waals surface area contributed by atoms with Crippen LogP contribution in [-0.4, -0.2) is 4.92 Å². The van der Waals surface area contributed by atoms with Crippen LogP contribution in [0.1, 0.15) is 17.6 Å². The largest absolute Gasteiger partial charge is 0.281 e. The van der Waals surface area contributed by atoms with Crippen LogP contribution >= 0.6 is 15.9 Å². The van der Waals surface area contributed by atoms with Crippen LogP contribution in [0.5, 0.6) is 0 Å². The molecule has 0 bridgehead atoms. The molecule has 0 saturated heterocycles.